The second-order valence-corrected chi connectivity index (χ2v) is 6.73. The normalized spacial score (nSPS) is 11.0. The number of aromatic nitrogens is 1. The van der Waals surface area contributed by atoms with Crippen LogP contribution in [-0.4, -0.2) is 23.2 Å². The van der Waals surface area contributed by atoms with Crippen molar-refractivity contribution in [2.75, 3.05) is 11.9 Å². The highest BCUT2D eigenvalue weighted by molar-refractivity contribution is 5.99. The number of carbonyl (C=O) groups is 1. The number of anilines is 1. The zero-order valence-corrected chi connectivity index (χ0v) is 16.0. The summed E-state index contributed by atoms with van der Waals surface area (Å²) in [5.41, 5.74) is 6.82. The topological polar surface area (TPSA) is 58.4 Å². The van der Waals surface area contributed by atoms with E-state index in [1.807, 2.05) is 60.7 Å². The van der Waals surface area contributed by atoms with Crippen LogP contribution in [0.5, 0.6) is 0 Å². The Morgan fingerprint density at radius 1 is 0.897 bits per heavy atom. The number of para-hydroxylation sites is 2. The van der Waals surface area contributed by atoms with Gasteiger partial charge in [0, 0.05) is 34.9 Å². The molecule has 0 spiro atoms. The average molecular weight is 382 g/mol. The fourth-order valence-corrected chi connectivity index (χ4v) is 3.24. The van der Waals surface area contributed by atoms with Gasteiger partial charge in [0.25, 0.3) is 5.91 Å². The summed E-state index contributed by atoms with van der Waals surface area (Å²) in [6.07, 6.45) is 3.76. The minimum Gasteiger partial charge on any atom is -0.376 e. The van der Waals surface area contributed by atoms with Crippen molar-refractivity contribution in [2.24, 2.45) is 5.10 Å². The molecule has 0 radical (unpaired) electrons. The summed E-state index contributed by atoms with van der Waals surface area (Å²) >= 11 is 0. The van der Waals surface area contributed by atoms with E-state index in [1.54, 1.807) is 6.21 Å². The highest BCUT2D eigenvalue weighted by Crippen LogP contribution is 2.21. The number of nitrogens with one attached hydrogen (secondary N) is 2. The molecule has 0 atom stereocenters. The van der Waals surface area contributed by atoms with Crippen LogP contribution in [0.3, 0.4) is 0 Å². The van der Waals surface area contributed by atoms with Crippen LogP contribution in [-0.2, 0) is 11.3 Å². The van der Waals surface area contributed by atoms with Crippen LogP contribution >= 0.6 is 0 Å². The Morgan fingerprint density at radius 3 is 2.38 bits per heavy atom. The lowest BCUT2D eigenvalue weighted by atomic mass is 10.2. The molecule has 1 heterocycles. The van der Waals surface area contributed by atoms with Gasteiger partial charge < -0.3 is 9.88 Å². The second kappa shape index (κ2) is 8.89. The molecule has 5 nitrogen and oxygen atoms in total. The molecule has 0 fully saturated rings. The molecule has 4 rings (SSSR count). The minimum absolute atomic E-state index is 0.164. The predicted octanol–water partition coefficient (Wildman–Crippen LogP) is 4.25. The van der Waals surface area contributed by atoms with E-state index in [-0.39, 0.29) is 12.5 Å². The molecule has 1 amide bonds. The Balaban J connectivity index is 1.44. The van der Waals surface area contributed by atoms with Gasteiger partial charge in [0.2, 0.25) is 0 Å². The number of hydrogen-bond donors (Lipinski definition) is 2. The smallest absolute Gasteiger partial charge is 0.259 e. The molecule has 144 valence electrons. The van der Waals surface area contributed by atoms with E-state index >= 15 is 0 Å². The summed E-state index contributed by atoms with van der Waals surface area (Å²) in [6, 6.07) is 28.1. The fourth-order valence-electron chi connectivity index (χ4n) is 3.24. The molecule has 1 aromatic heterocycles. The van der Waals surface area contributed by atoms with Crippen LogP contribution in [0.2, 0.25) is 0 Å². The van der Waals surface area contributed by atoms with Crippen molar-refractivity contribution in [2.45, 2.75) is 6.54 Å². The van der Waals surface area contributed by atoms with E-state index in [1.165, 1.54) is 5.56 Å². The third-order valence-corrected chi connectivity index (χ3v) is 4.63. The first-order chi connectivity index (χ1) is 14.3. The fraction of sp³-hybridized carbons (Fsp3) is 0.0833. The highest BCUT2D eigenvalue weighted by Gasteiger charge is 2.07. The standard InChI is InChI=1S/C24H22N4O/c29-24(16-25-21-11-5-2-6-12-21)27-26-15-20-18-28(17-19-9-3-1-4-10-19)23-14-8-7-13-22(20)23/h1-15,18,25H,16-17H2,(H,27,29). The number of amides is 1. The van der Waals surface area contributed by atoms with Crippen LogP contribution in [0.4, 0.5) is 5.69 Å². The van der Waals surface area contributed by atoms with E-state index in [4.69, 9.17) is 0 Å². The Bertz CT molecular complexity index is 1120. The first-order valence-electron chi connectivity index (χ1n) is 9.52. The summed E-state index contributed by atoms with van der Waals surface area (Å²) in [5, 5.41) is 8.31. The van der Waals surface area contributed by atoms with E-state index in [0.29, 0.717) is 0 Å². The molecule has 0 saturated carbocycles. The minimum atomic E-state index is -0.196. The van der Waals surface area contributed by atoms with Gasteiger partial charge in [0.05, 0.1) is 12.8 Å². The predicted molar refractivity (Wildman–Crippen MR) is 118 cm³/mol. The van der Waals surface area contributed by atoms with Crippen molar-refractivity contribution in [1.82, 2.24) is 9.99 Å². The molecule has 4 aromatic rings. The first-order valence-corrected chi connectivity index (χ1v) is 9.52. The molecule has 3 aromatic carbocycles. The van der Waals surface area contributed by atoms with Gasteiger partial charge in [-0.1, -0.05) is 66.7 Å². The van der Waals surface area contributed by atoms with E-state index in [0.717, 1.165) is 28.7 Å². The van der Waals surface area contributed by atoms with Crippen LogP contribution in [0.1, 0.15) is 11.1 Å². The Labute approximate surface area is 169 Å². The van der Waals surface area contributed by atoms with Crippen molar-refractivity contribution in [3.8, 4) is 0 Å². The monoisotopic (exact) mass is 382 g/mol. The van der Waals surface area contributed by atoms with Crippen molar-refractivity contribution in [1.29, 1.82) is 0 Å². The molecular formula is C24H22N4O. The van der Waals surface area contributed by atoms with Crippen LogP contribution < -0.4 is 10.7 Å². The SMILES string of the molecule is O=C(CNc1ccccc1)NN=Cc1cn(Cc2ccccc2)c2ccccc12. The maximum atomic E-state index is 12.0. The third kappa shape index (κ3) is 4.71. The van der Waals surface area contributed by atoms with Crippen molar-refractivity contribution in [3.05, 3.63) is 102 Å². The van der Waals surface area contributed by atoms with Gasteiger partial charge in [-0.15, -0.1) is 0 Å². The molecule has 0 bridgehead atoms. The van der Waals surface area contributed by atoms with Crippen LogP contribution in [0, 0.1) is 0 Å². The largest absolute Gasteiger partial charge is 0.376 e. The van der Waals surface area contributed by atoms with Crippen LogP contribution in [0.25, 0.3) is 10.9 Å². The molecule has 0 aliphatic carbocycles. The van der Waals surface area contributed by atoms with Crippen molar-refractivity contribution in [3.63, 3.8) is 0 Å². The summed E-state index contributed by atoms with van der Waals surface area (Å²) in [5.74, 6) is -0.196. The molecule has 0 aliphatic rings. The lowest BCUT2D eigenvalue weighted by Gasteiger charge is -2.05. The van der Waals surface area contributed by atoms with Gasteiger partial charge in [-0.25, -0.2) is 5.43 Å². The molecule has 0 aliphatic heterocycles. The highest BCUT2D eigenvalue weighted by atomic mass is 16.2. The molecule has 29 heavy (non-hydrogen) atoms. The number of carbonyl (C=O) groups excluding carboxylic acids is 1. The zero-order chi connectivity index (χ0) is 19.9. The van der Waals surface area contributed by atoms with Gasteiger partial charge in [-0.3, -0.25) is 4.79 Å². The van der Waals surface area contributed by atoms with Crippen LogP contribution in [0.15, 0.2) is 96.2 Å². The Hall–Kier alpha value is -3.86. The van der Waals surface area contributed by atoms with Gasteiger partial charge in [-0.2, -0.15) is 5.10 Å². The van der Waals surface area contributed by atoms with Gasteiger partial charge in [0.15, 0.2) is 0 Å². The van der Waals surface area contributed by atoms with E-state index in [2.05, 4.69) is 50.9 Å². The first kappa shape index (κ1) is 18.5. The number of rotatable bonds is 7. The lowest BCUT2D eigenvalue weighted by Crippen LogP contribution is -2.25. The second-order valence-electron chi connectivity index (χ2n) is 6.73. The molecule has 5 heteroatoms. The number of nitrogens with zero attached hydrogens (tertiary/aromatic N) is 2. The average Bonchev–Trinajstić information content (AvgIpc) is 3.11. The number of benzene rings is 3. The van der Waals surface area contributed by atoms with Gasteiger partial charge in [-0.05, 0) is 23.8 Å². The lowest BCUT2D eigenvalue weighted by molar-refractivity contribution is -0.119. The summed E-state index contributed by atoms with van der Waals surface area (Å²) in [4.78, 5) is 12.0. The number of fused-ring (bicyclic) bond motifs is 1. The van der Waals surface area contributed by atoms with E-state index < -0.39 is 0 Å². The van der Waals surface area contributed by atoms with E-state index in [9.17, 15) is 4.79 Å². The molecular weight excluding hydrogens is 360 g/mol. The maximum absolute atomic E-state index is 12.0. The molecule has 0 unspecified atom stereocenters. The van der Waals surface area contributed by atoms with Crippen molar-refractivity contribution < 1.29 is 4.79 Å². The van der Waals surface area contributed by atoms with Gasteiger partial charge >= 0.3 is 0 Å². The molecule has 2 N–H and O–H groups in total. The Morgan fingerprint density at radius 2 is 1.59 bits per heavy atom. The summed E-state index contributed by atoms with van der Waals surface area (Å²) in [7, 11) is 0. The zero-order valence-electron chi connectivity index (χ0n) is 16.0. The summed E-state index contributed by atoms with van der Waals surface area (Å²) < 4.78 is 2.20. The Kier molecular flexibility index (Phi) is 5.67. The number of hydrazone groups is 1. The maximum Gasteiger partial charge on any atom is 0.259 e. The number of hydrogen-bond acceptors (Lipinski definition) is 3. The van der Waals surface area contributed by atoms with Crippen molar-refractivity contribution >= 4 is 28.7 Å². The quantitative estimate of drug-likeness (QED) is 0.371. The third-order valence-electron chi connectivity index (χ3n) is 4.63. The molecule has 0 saturated heterocycles. The van der Waals surface area contributed by atoms with Gasteiger partial charge in [0.1, 0.15) is 0 Å². The summed E-state index contributed by atoms with van der Waals surface area (Å²) in [6.45, 7) is 0.944.